The predicted octanol–water partition coefficient (Wildman–Crippen LogP) is 3.20. The number of ether oxygens (including phenoxy) is 1. The normalized spacial score (nSPS) is 15.6. The van der Waals surface area contributed by atoms with Crippen molar-refractivity contribution in [1.82, 2.24) is 15.5 Å². The van der Waals surface area contributed by atoms with Crippen LogP contribution in [0, 0.1) is 5.41 Å². The first-order chi connectivity index (χ1) is 18.4. The van der Waals surface area contributed by atoms with Crippen molar-refractivity contribution in [3.8, 4) is 0 Å². The maximum atomic E-state index is 14.1. The number of rotatable bonds is 9. The number of nitrogens with zero attached hydrogens (tertiary/aromatic N) is 1. The SMILES string of the molecule is COC(=O)N[C@@H](C(=O)N1CCCC1C(=O)NCc1ccc(C(=N)N)s1)C(c1ccccc1)c1ccccc1. The molecule has 0 spiro atoms. The van der Waals surface area contributed by atoms with Gasteiger partial charge in [-0.1, -0.05) is 60.7 Å². The van der Waals surface area contributed by atoms with Gasteiger partial charge in [0.25, 0.3) is 0 Å². The number of carbonyl (C=O) groups is 3. The minimum Gasteiger partial charge on any atom is -0.453 e. The number of hydrogen-bond donors (Lipinski definition) is 4. The monoisotopic (exact) mass is 533 g/mol. The summed E-state index contributed by atoms with van der Waals surface area (Å²) in [6.07, 6.45) is 0.468. The molecule has 5 N–H and O–H groups in total. The highest BCUT2D eigenvalue weighted by Gasteiger charge is 2.41. The smallest absolute Gasteiger partial charge is 0.407 e. The lowest BCUT2D eigenvalue weighted by atomic mass is 9.84. The van der Waals surface area contributed by atoms with Gasteiger partial charge in [-0.05, 0) is 36.1 Å². The first kappa shape index (κ1) is 26.9. The van der Waals surface area contributed by atoms with Crippen molar-refractivity contribution in [3.63, 3.8) is 0 Å². The number of alkyl carbamates (subject to hydrolysis) is 1. The largest absolute Gasteiger partial charge is 0.453 e. The highest BCUT2D eigenvalue weighted by Crippen LogP contribution is 2.31. The van der Waals surface area contributed by atoms with Gasteiger partial charge in [-0.15, -0.1) is 11.3 Å². The molecule has 198 valence electrons. The Labute approximate surface area is 225 Å². The lowest BCUT2D eigenvalue weighted by molar-refractivity contribution is -0.140. The van der Waals surface area contributed by atoms with Crippen molar-refractivity contribution < 1.29 is 19.1 Å². The summed E-state index contributed by atoms with van der Waals surface area (Å²) in [6.45, 7) is 0.676. The van der Waals surface area contributed by atoms with Crippen LogP contribution in [0.1, 0.15) is 39.6 Å². The maximum absolute atomic E-state index is 14.1. The van der Waals surface area contributed by atoms with E-state index in [0.29, 0.717) is 24.3 Å². The van der Waals surface area contributed by atoms with Gasteiger partial charge in [-0.2, -0.15) is 0 Å². The fraction of sp³-hybridized carbons (Fsp3) is 0.286. The summed E-state index contributed by atoms with van der Waals surface area (Å²) in [4.78, 5) is 42.8. The number of thiophene rings is 1. The van der Waals surface area contributed by atoms with Gasteiger partial charge in [0.05, 0.1) is 18.5 Å². The van der Waals surface area contributed by atoms with E-state index in [-0.39, 0.29) is 24.2 Å². The van der Waals surface area contributed by atoms with E-state index in [4.69, 9.17) is 15.9 Å². The Kier molecular flexibility index (Phi) is 8.75. The third-order valence-corrected chi connectivity index (χ3v) is 7.70. The van der Waals surface area contributed by atoms with Crippen LogP contribution in [0.3, 0.4) is 0 Å². The van der Waals surface area contributed by atoms with Gasteiger partial charge in [0.15, 0.2) is 0 Å². The molecule has 0 radical (unpaired) electrons. The van der Waals surface area contributed by atoms with Crippen molar-refractivity contribution in [2.45, 2.75) is 37.4 Å². The van der Waals surface area contributed by atoms with Crippen LogP contribution in [0.15, 0.2) is 72.8 Å². The van der Waals surface area contributed by atoms with E-state index in [9.17, 15) is 14.4 Å². The van der Waals surface area contributed by atoms with Crippen molar-refractivity contribution in [2.75, 3.05) is 13.7 Å². The Hall–Kier alpha value is -4.18. The number of amides is 3. The molecule has 3 aromatic rings. The molecule has 0 bridgehead atoms. The second-order valence-corrected chi connectivity index (χ2v) is 10.2. The fourth-order valence-corrected chi connectivity index (χ4v) is 5.57. The quantitative estimate of drug-likeness (QED) is 0.247. The first-order valence-electron chi connectivity index (χ1n) is 12.3. The summed E-state index contributed by atoms with van der Waals surface area (Å²) < 4.78 is 4.87. The number of nitrogen functional groups attached to an aromatic ring is 1. The highest BCUT2D eigenvalue weighted by atomic mass is 32.1. The molecule has 1 unspecified atom stereocenters. The van der Waals surface area contributed by atoms with Crippen molar-refractivity contribution in [1.29, 1.82) is 5.41 Å². The van der Waals surface area contributed by atoms with E-state index in [2.05, 4.69) is 10.6 Å². The second kappa shape index (κ2) is 12.4. The molecule has 0 saturated carbocycles. The predicted molar refractivity (Wildman–Crippen MR) is 146 cm³/mol. The van der Waals surface area contributed by atoms with Crippen LogP contribution in [0.2, 0.25) is 0 Å². The topological polar surface area (TPSA) is 138 Å². The van der Waals surface area contributed by atoms with E-state index in [0.717, 1.165) is 16.0 Å². The van der Waals surface area contributed by atoms with Gasteiger partial charge in [-0.25, -0.2) is 4.79 Å². The van der Waals surface area contributed by atoms with E-state index in [1.165, 1.54) is 18.4 Å². The Bertz CT molecular complexity index is 1240. The first-order valence-corrected chi connectivity index (χ1v) is 13.2. The van der Waals surface area contributed by atoms with Crippen molar-refractivity contribution >= 4 is 35.1 Å². The summed E-state index contributed by atoms with van der Waals surface area (Å²) in [6, 6.07) is 20.9. The van der Waals surface area contributed by atoms with Crippen molar-refractivity contribution in [2.24, 2.45) is 5.73 Å². The molecule has 0 aliphatic carbocycles. The third kappa shape index (κ3) is 6.20. The molecular weight excluding hydrogens is 502 g/mol. The average molecular weight is 534 g/mol. The second-order valence-electron chi connectivity index (χ2n) is 9.00. The fourth-order valence-electron chi connectivity index (χ4n) is 4.76. The number of nitrogens with one attached hydrogen (secondary N) is 3. The van der Waals surface area contributed by atoms with Crippen LogP contribution >= 0.6 is 11.3 Å². The molecule has 2 heterocycles. The average Bonchev–Trinajstić information content (AvgIpc) is 3.62. The van der Waals surface area contributed by atoms with Gasteiger partial charge in [0.2, 0.25) is 11.8 Å². The molecule has 1 fully saturated rings. The van der Waals surface area contributed by atoms with Crippen LogP contribution in [0.5, 0.6) is 0 Å². The molecule has 1 aromatic heterocycles. The molecule has 2 aromatic carbocycles. The molecule has 3 amide bonds. The number of amidine groups is 1. The van der Waals surface area contributed by atoms with Crippen LogP contribution in [0.4, 0.5) is 4.79 Å². The number of benzene rings is 2. The molecular formula is C28H31N5O4S. The zero-order valence-corrected chi connectivity index (χ0v) is 21.9. The van der Waals surface area contributed by atoms with Gasteiger partial charge in [0, 0.05) is 17.3 Å². The molecule has 4 rings (SSSR count). The van der Waals surface area contributed by atoms with Crippen LogP contribution in [-0.4, -0.2) is 54.4 Å². The maximum Gasteiger partial charge on any atom is 0.407 e. The molecule has 10 heteroatoms. The Morgan fingerprint density at radius 3 is 2.24 bits per heavy atom. The van der Waals surface area contributed by atoms with Crippen LogP contribution in [0.25, 0.3) is 0 Å². The molecule has 38 heavy (non-hydrogen) atoms. The summed E-state index contributed by atoms with van der Waals surface area (Å²) in [5.74, 6) is -1.12. The zero-order chi connectivity index (χ0) is 27.1. The number of hydrogen-bond acceptors (Lipinski definition) is 6. The van der Waals surface area contributed by atoms with Gasteiger partial charge < -0.3 is 26.0 Å². The Morgan fingerprint density at radius 2 is 1.68 bits per heavy atom. The lowest BCUT2D eigenvalue weighted by Crippen LogP contribution is -2.55. The highest BCUT2D eigenvalue weighted by molar-refractivity contribution is 7.14. The minimum absolute atomic E-state index is 0.0179. The molecule has 9 nitrogen and oxygen atoms in total. The molecule has 1 aliphatic heterocycles. The standard InChI is InChI=1S/C28H31N5O4S/c1-37-28(36)32-24(23(18-9-4-2-5-10-18)19-11-6-3-7-12-19)27(35)33-16-8-13-21(33)26(34)31-17-20-14-15-22(38-20)25(29)30/h2-7,9-12,14-15,21,23-24H,8,13,16-17H2,1H3,(H3,29,30)(H,31,34)(H,32,36)/t21?,24-/m1/s1. The van der Waals surface area contributed by atoms with E-state index < -0.39 is 24.1 Å². The van der Waals surface area contributed by atoms with E-state index >= 15 is 0 Å². The minimum atomic E-state index is -0.990. The van der Waals surface area contributed by atoms with Crippen LogP contribution in [-0.2, 0) is 20.9 Å². The Balaban J connectivity index is 1.59. The van der Waals surface area contributed by atoms with E-state index in [1.54, 1.807) is 11.0 Å². The van der Waals surface area contributed by atoms with Gasteiger partial charge in [-0.3, -0.25) is 15.0 Å². The Morgan fingerprint density at radius 1 is 1.05 bits per heavy atom. The summed E-state index contributed by atoms with van der Waals surface area (Å²) in [5.41, 5.74) is 7.25. The summed E-state index contributed by atoms with van der Waals surface area (Å²) >= 11 is 1.34. The number of carbonyl (C=O) groups excluding carboxylic acids is 3. The number of methoxy groups -OCH3 is 1. The van der Waals surface area contributed by atoms with E-state index in [1.807, 2.05) is 66.7 Å². The van der Waals surface area contributed by atoms with Gasteiger partial charge in [0.1, 0.15) is 17.9 Å². The van der Waals surface area contributed by atoms with Crippen molar-refractivity contribution in [3.05, 3.63) is 93.7 Å². The van der Waals surface area contributed by atoms with Gasteiger partial charge >= 0.3 is 6.09 Å². The zero-order valence-electron chi connectivity index (χ0n) is 21.1. The third-order valence-electron chi connectivity index (χ3n) is 6.58. The lowest BCUT2D eigenvalue weighted by Gasteiger charge is -2.33. The molecule has 1 saturated heterocycles. The number of likely N-dealkylation sites (tertiary alicyclic amines) is 1. The summed E-state index contributed by atoms with van der Waals surface area (Å²) in [7, 11) is 1.26. The number of nitrogens with two attached hydrogens (primary N) is 1. The molecule has 2 atom stereocenters. The van der Waals surface area contributed by atoms with Crippen LogP contribution < -0.4 is 16.4 Å². The molecule has 1 aliphatic rings. The summed E-state index contributed by atoms with van der Waals surface area (Å²) in [5, 5.41) is 13.2.